The fraction of sp³-hybridized carbons (Fsp3) is 0.487. The van der Waals surface area contributed by atoms with E-state index in [9.17, 15) is 4.79 Å². The van der Waals surface area contributed by atoms with E-state index in [1.165, 1.54) is 60.9 Å². The molecule has 0 unspecified atom stereocenters. The second-order valence-electron chi connectivity index (χ2n) is 13.9. The number of fused-ring (bicyclic) bond motifs is 5. The van der Waals surface area contributed by atoms with Crippen LogP contribution < -0.4 is 0 Å². The third kappa shape index (κ3) is 5.83. The predicted octanol–water partition coefficient (Wildman–Crippen LogP) is 7.65. The number of para-hydroxylation sites is 2. The van der Waals surface area contributed by atoms with Gasteiger partial charge >= 0.3 is 0 Å². The fourth-order valence-corrected chi connectivity index (χ4v) is 8.85. The molecule has 4 aromatic rings. The lowest BCUT2D eigenvalue weighted by Crippen LogP contribution is -2.48. The zero-order valence-electron chi connectivity index (χ0n) is 26.6. The van der Waals surface area contributed by atoms with Crippen LogP contribution in [0.4, 0.5) is 0 Å². The quantitative estimate of drug-likeness (QED) is 0.212. The van der Waals surface area contributed by atoms with Gasteiger partial charge in [0.25, 0.3) is 0 Å². The number of benzene rings is 3. The van der Waals surface area contributed by atoms with Gasteiger partial charge in [-0.3, -0.25) is 4.79 Å². The minimum atomic E-state index is 0.135. The van der Waals surface area contributed by atoms with Crippen LogP contribution in [0.3, 0.4) is 0 Å². The van der Waals surface area contributed by atoms with Crippen LogP contribution in [0.15, 0.2) is 78.9 Å². The smallest absolute Gasteiger partial charge is 0.222 e. The van der Waals surface area contributed by atoms with Crippen LogP contribution in [-0.4, -0.2) is 57.5 Å². The van der Waals surface area contributed by atoms with E-state index in [0.717, 1.165) is 56.2 Å². The molecule has 4 aliphatic rings. The molecule has 5 nitrogen and oxygen atoms in total. The lowest BCUT2D eigenvalue weighted by molar-refractivity contribution is -0.132. The van der Waals surface area contributed by atoms with Crippen molar-refractivity contribution in [3.05, 3.63) is 101 Å². The summed E-state index contributed by atoms with van der Waals surface area (Å²) in [6.07, 6.45) is 9.86. The number of piperidine rings is 2. The molecule has 8 rings (SSSR count). The molecule has 0 N–H and O–H groups in total. The summed E-state index contributed by atoms with van der Waals surface area (Å²) in [6.45, 7) is 8.43. The molecule has 230 valence electrons. The van der Waals surface area contributed by atoms with Crippen molar-refractivity contribution in [1.29, 1.82) is 0 Å². The molecule has 3 saturated heterocycles. The Bertz CT molecular complexity index is 1580. The molecule has 1 amide bonds. The van der Waals surface area contributed by atoms with Gasteiger partial charge in [-0.15, -0.1) is 0 Å². The molecule has 4 heterocycles. The minimum absolute atomic E-state index is 0.135. The van der Waals surface area contributed by atoms with E-state index in [0.29, 0.717) is 24.4 Å². The van der Waals surface area contributed by atoms with Gasteiger partial charge in [-0.25, -0.2) is 4.98 Å². The first-order valence-corrected chi connectivity index (χ1v) is 17.0. The summed E-state index contributed by atoms with van der Waals surface area (Å²) in [5, 5.41) is 0. The third-order valence-electron chi connectivity index (χ3n) is 11.4. The van der Waals surface area contributed by atoms with E-state index in [2.05, 4.69) is 107 Å². The maximum atomic E-state index is 13.3. The maximum absolute atomic E-state index is 13.3. The molecule has 44 heavy (non-hydrogen) atoms. The number of amides is 1. The SMILES string of the molecule is Cc1ccccc1CCC(=O)N1CCC(CCN2C[C@H]3CC[C@@H]2C[C@H](n2c(C)nc4ccccc42)C3)(c2ccccc2)CC1. The monoisotopic (exact) mass is 588 g/mol. The summed E-state index contributed by atoms with van der Waals surface area (Å²) in [7, 11) is 0. The van der Waals surface area contributed by atoms with Crippen LogP contribution in [0.5, 0.6) is 0 Å². The van der Waals surface area contributed by atoms with Crippen LogP contribution in [-0.2, 0) is 16.6 Å². The maximum Gasteiger partial charge on any atom is 0.222 e. The van der Waals surface area contributed by atoms with E-state index in [-0.39, 0.29) is 5.41 Å². The number of imidazole rings is 1. The first-order chi connectivity index (χ1) is 21.5. The molecular weight excluding hydrogens is 540 g/mol. The summed E-state index contributed by atoms with van der Waals surface area (Å²) in [5.41, 5.74) is 6.60. The van der Waals surface area contributed by atoms with Gasteiger partial charge in [0.15, 0.2) is 0 Å². The number of aromatic nitrogens is 2. The van der Waals surface area contributed by atoms with Gasteiger partial charge in [0, 0.05) is 38.1 Å². The Balaban J connectivity index is 1.03. The summed E-state index contributed by atoms with van der Waals surface area (Å²) >= 11 is 0. The van der Waals surface area contributed by atoms with Crippen molar-refractivity contribution in [2.45, 2.75) is 89.1 Å². The van der Waals surface area contributed by atoms with Crippen molar-refractivity contribution < 1.29 is 4.79 Å². The Kier molecular flexibility index (Phi) is 8.33. The van der Waals surface area contributed by atoms with E-state index in [1.807, 2.05) is 0 Å². The van der Waals surface area contributed by atoms with Crippen LogP contribution in [0.25, 0.3) is 11.0 Å². The Labute approximate surface area is 263 Å². The zero-order valence-corrected chi connectivity index (χ0v) is 26.6. The highest BCUT2D eigenvalue weighted by atomic mass is 16.2. The minimum Gasteiger partial charge on any atom is -0.343 e. The Morgan fingerprint density at radius 1 is 0.864 bits per heavy atom. The number of hydrogen-bond acceptors (Lipinski definition) is 3. The molecular formula is C39H48N4O. The van der Waals surface area contributed by atoms with E-state index >= 15 is 0 Å². The van der Waals surface area contributed by atoms with Crippen molar-refractivity contribution in [3.8, 4) is 0 Å². The van der Waals surface area contributed by atoms with E-state index in [4.69, 9.17) is 4.98 Å². The molecule has 0 radical (unpaired) electrons. The molecule has 1 saturated carbocycles. The Morgan fingerprint density at radius 3 is 2.43 bits per heavy atom. The van der Waals surface area contributed by atoms with Crippen molar-refractivity contribution in [2.75, 3.05) is 26.2 Å². The molecule has 0 spiro atoms. The highest BCUT2D eigenvalue weighted by Gasteiger charge is 2.41. The number of carbonyl (C=O) groups excluding carboxylic acids is 1. The Morgan fingerprint density at radius 2 is 1.61 bits per heavy atom. The molecule has 4 fully saturated rings. The highest BCUT2D eigenvalue weighted by Crippen LogP contribution is 2.43. The van der Waals surface area contributed by atoms with Crippen LogP contribution in [0.2, 0.25) is 0 Å². The van der Waals surface area contributed by atoms with Crippen molar-refractivity contribution >= 4 is 16.9 Å². The lowest BCUT2D eigenvalue weighted by atomic mass is 9.70. The second-order valence-corrected chi connectivity index (χ2v) is 13.9. The molecule has 1 aliphatic carbocycles. The average Bonchev–Trinajstić information content (AvgIpc) is 3.16. The van der Waals surface area contributed by atoms with Crippen LogP contribution in [0, 0.1) is 19.8 Å². The largest absolute Gasteiger partial charge is 0.343 e. The summed E-state index contributed by atoms with van der Waals surface area (Å²) in [5.74, 6) is 2.22. The predicted molar refractivity (Wildman–Crippen MR) is 179 cm³/mol. The molecule has 2 bridgehead atoms. The van der Waals surface area contributed by atoms with Gasteiger partial charge in [-0.05, 0) is 112 Å². The molecule has 1 aromatic heterocycles. The molecule has 5 heteroatoms. The van der Waals surface area contributed by atoms with Gasteiger partial charge < -0.3 is 14.4 Å². The standard InChI is InChI=1S/C39H48N4O/c1-29-10-6-7-11-32(29)17-19-38(44)41-23-20-39(21-24-41,33-12-4-3-5-13-33)22-25-42-28-31-16-18-34(42)27-35(26-31)43-30(2)40-36-14-8-9-15-37(36)43/h3-15,31,34-35H,16-28H2,1-2H3/t31-,34+,35+/m0/s1. The highest BCUT2D eigenvalue weighted by molar-refractivity contribution is 5.77. The van der Waals surface area contributed by atoms with Gasteiger partial charge in [-0.2, -0.15) is 0 Å². The normalized spacial score (nSPS) is 23.6. The second kappa shape index (κ2) is 12.5. The molecule has 3 aromatic carbocycles. The lowest BCUT2D eigenvalue weighted by Gasteiger charge is -2.45. The van der Waals surface area contributed by atoms with Crippen molar-refractivity contribution in [2.24, 2.45) is 5.92 Å². The third-order valence-corrected chi connectivity index (χ3v) is 11.4. The van der Waals surface area contributed by atoms with E-state index < -0.39 is 0 Å². The van der Waals surface area contributed by atoms with Crippen molar-refractivity contribution in [3.63, 3.8) is 0 Å². The van der Waals surface area contributed by atoms with Crippen LogP contribution >= 0.6 is 0 Å². The summed E-state index contributed by atoms with van der Waals surface area (Å²) < 4.78 is 2.56. The Hall–Kier alpha value is -3.44. The summed E-state index contributed by atoms with van der Waals surface area (Å²) in [6, 6.07) is 29.5. The number of nitrogens with zero attached hydrogens (tertiary/aromatic N) is 4. The number of aryl methyl sites for hydroxylation is 3. The average molecular weight is 589 g/mol. The van der Waals surface area contributed by atoms with E-state index in [1.54, 1.807) is 0 Å². The van der Waals surface area contributed by atoms with Gasteiger partial charge in [0.05, 0.1) is 11.0 Å². The number of carbonyl (C=O) groups is 1. The zero-order chi connectivity index (χ0) is 30.1. The van der Waals surface area contributed by atoms with Crippen molar-refractivity contribution in [1.82, 2.24) is 19.4 Å². The van der Waals surface area contributed by atoms with Crippen LogP contribution in [0.1, 0.15) is 79.9 Å². The molecule has 3 atom stereocenters. The topological polar surface area (TPSA) is 41.4 Å². The first kappa shape index (κ1) is 29.3. The van der Waals surface area contributed by atoms with Gasteiger partial charge in [0.1, 0.15) is 5.82 Å². The summed E-state index contributed by atoms with van der Waals surface area (Å²) in [4.78, 5) is 23.2. The number of hydrogen-bond donors (Lipinski definition) is 0. The first-order valence-electron chi connectivity index (χ1n) is 17.0. The number of likely N-dealkylation sites (tertiary alicyclic amines) is 1. The number of rotatable bonds is 8. The fourth-order valence-electron chi connectivity index (χ4n) is 8.85. The molecule has 3 aliphatic heterocycles. The van der Waals surface area contributed by atoms with Gasteiger partial charge in [-0.1, -0.05) is 66.7 Å². The van der Waals surface area contributed by atoms with Gasteiger partial charge in [0.2, 0.25) is 5.91 Å².